The van der Waals surface area contributed by atoms with Crippen molar-refractivity contribution in [3.63, 3.8) is 0 Å². The Morgan fingerprint density at radius 2 is 2.24 bits per heavy atom. The first-order valence-electron chi connectivity index (χ1n) is 6.89. The van der Waals surface area contributed by atoms with Crippen molar-refractivity contribution in [2.24, 2.45) is 0 Å². The van der Waals surface area contributed by atoms with Gasteiger partial charge in [0.2, 0.25) is 5.91 Å². The summed E-state index contributed by atoms with van der Waals surface area (Å²) >= 11 is 0. The van der Waals surface area contributed by atoms with E-state index in [0.29, 0.717) is 12.3 Å². The third kappa shape index (κ3) is 3.39. The lowest BCUT2D eigenvalue weighted by atomic mass is 10.1. The highest BCUT2D eigenvalue weighted by atomic mass is 19.1. The first kappa shape index (κ1) is 15.4. The number of likely N-dealkylation sites (tertiary alicyclic amines) is 1. The minimum atomic E-state index is -0.483. The van der Waals surface area contributed by atoms with Crippen molar-refractivity contribution >= 4 is 11.7 Å². The van der Waals surface area contributed by atoms with Crippen LogP contribution in [0.3, 0.4) is 0 Å². The second-order valence-corrected chi connectivity index (χ2v) is 5.01. The highest BCUT2D eigenvalue weighted by Crippen LogP contribution is 2.22. The van der Waals surface area contributed by atoms with E-state index in [2.05, 4.69) is 5.32 Å². The molecule has 1 aromatic rings. The van der Waals surface area contributed by atoms with E-state index in [1.54, 1.807) is 7.05 Å². The van der Waals surface area contributed by atoms with Crippen LogP contribution in [0, 0.1) is 5.82 Å². The fourth-order valence-corrected chi connectivity index (χ4v) is 2.65. The van der Waals surface area contributed by atoms with Gasteiger partial charge >= 0.3 is 0 Å². The van der Waals surface area contributed by atoms with Gasteiger partial charge in [-0.3, -0.25) is 14.5 Å². The zero-order valence-corrected chi connectivity index (χ0v) is 12.2. The third-order valence-electron chi connectivity index (χ3n) is 3.72. The van der Waals surface area contributed by atoms with Crippen LogP contribution in [0.4, 0.5) is 4.39 Å². The summed E-state index contributed by atoms with van der Waals surface area (Å²) in [7, 11) is 3.02. The average Bonchev–Trinajstić information content (AvgIpc) is 2.94. The van der Waals surface area contributed by atoms with E-state index in [1.165, 1.54) is 25.3 Å². The van der Waals surface area contributed by atoms with E-state index in [4.69, 9.17) is 4.74 Å². The molecule has 1 aromatic carbocycles. The molecule has 1 saturated heterocycles. The van der Waals surface area contributed by atoms with E-state index in [-0.39, 0.29) is 29.8 Å². The molecule has 1 heterocycles. The molecule has 1 fully saturated rings. The minimum absolute atomic E-state index is 0.0812. The topological polar surface area (TPSA) is 58.6 Å². The van der Waals surface area contributed by atoms with E-state index >= 15 is 0 Å². The number of nitrogens with zero attached hydrogens (tertiary/aromatic N) is 1. The number of benzene rings is 1. The summed E-state index contributed by atoms with van der Waals surface area (Å²) in [6, 6.07) is 3.56. The predicted octanol–water partition coefficient (Wildman–Crippen LogP) is 1.23. The largest absolute Gasteiger partial charge is 0.496 e. The molecule has 1 aliphatic rings. The summed E-state index contributed by atoms with van der Waals surface area (Å²) in [6.07, 6.45) is 1.60. The monoisotopic (exact) mass is 294 g/mol. The van der Waals surface area contributed by atoms with Gasteiger partial charge in [0.05, 0.1) is 25.3 Å². The molecule has 0 radical (unpaired) electrons. The zero-order valence-electron chi connectivity index (χ0n) is 12.2. The Morgan fingerprint density at radius 1 is 1.48 bits per heavy atom. The number of nitrogens with one attached hydrogen (secondary N) is 1. The first-order valence-corrected chi connectivity index (χ1v) is 6.89. The quantitative estimate of drug-likeness (QED) is 0.830. The molecule has 6 heteroatoms. The highest BCUT2D eigenvalue weighted by Gasteiger charge is 2.31. The van der Waals surface area contributed by atoms with Gasteiger partial charge in [0, 0.05) is 7.05 Å². The highest BCUT2D eigenvalue weighted by molar-refractivity contribution is 6.00. The van der Waals surface area contributed by atoms with Gasteiger partial charge in [0.25, 0.3) is 0 Å². The number of halogens is 1. The van der Waals surface area contributed by atoms with Crippen molar-refractivity contribution in [3.05, 3.63) is 29.6 Å². The van der Waals surface area contributed by atoms with Crippen LogP contribution in [-0.2, 0) is 4.79 Å². The number of carbonyl (C=O) groups excluding carboxylic acids is 2. The lowest BCUT2D eigenvalue weighted by Crippen LogP contribution is -2.44. The maximum absolute atomic E-state index is 13.3. The van der Waals surface area contributed by atoms with Crippen LogP contribution in [0.2, 0.25) is 0 Å². The van der Waals surface area contributed by atoms with Crippen molar-refractivity contribution in [3.8, 4) is 5.75 Å². The Morgan fingerprint density at radius 3 is 2.90 bits per heavy atom. The van der Waals surface area contributed by atoms with Crippen LogP contribution in [0.15, 0.2) is 18.2 Å². The molecule has 114 valence electrons. The number of ether oxygens (including phenoxy) is 1. The summed E-state index contributed by atoms with van der Waals surface area (Å²) in [5.74, 6) is -0.478. The molecule has 1 aliphatic heterocycles. The van der Waals surface area contributed by atoms with Crippen LogP contribution in [0.25, 0.3) is 0 Å². The molecule has 21 heavy (non-hydrogen) atoms. The number of hydrogen-bond acceptors (Lipinski definition) is 4. The number of amides is 1. The maximum Gasteiger partial charge on any atom is 0.237 e. The zero-order chi connectivity index (χ0) is 15.4. The molecule has 1 atom stereocenters. The molecule has 0 bridgehead atoms. The Labute approximate surface area is 123 Å². The van der Waals surface area contributed by atoms with Crippen LogP contribution in [0.1, 0.15) is 23.2 Å². The van der Waals surface area contributed by atoms with Crippen molar-refractivity contribution in [2.45, 2.75) is 18.9 Å². The molecule has 1 amide bonds. The number of likely N-dealkylation sites (N-methyl/N-ethyl adjacent to an activating group) is 1. The molecular formula is C15H19FN2O3. The summed E-state index contributed by atoms with van der Waals surface area (Å²) in [5.41, 5.74) is 0.208. The molecule has 0 aliphatic carbocycles. The summed E-state index contributed by atoms with van der Waals surface area (Å²) in [4.78, 5) is 26.0. The van der Waals surface area contributed by atoms with Crippen LogP contribution in [0.5, 0.6) is 5.75 Å². The number of hydrogen-bond donors (Lipinski definition) is 1. The molecule has 5 nitrogen and oxygen atoms in total. The summed E-state index contributed by atoms with van der Waals surface area (Å²) < 4.78 is 18.4. The van der Waals surface area contributed by atoms with Gasteiger partial charge in [-0.15, -0.1) is 0 Å². The Hall–Kier alpha value is -1.95. The van der Waals surface area contributed by atoms with Gasteiger partial charge in [0.15, 0.2) is 5.78 Å². The molecule has 0 saturated carbocycles. The Kier molecular flexibility index (Phi) is 4.90. The molecular weight excluding hydrogens is 275 g/mol. The standard InChI is InChI=1S/C15H19FN2O3/c1-17-15(20)12-4-3-7-18(12)9-13(19)11-8-10(16)5-6-14(11)21-2/h5-6,8,12H,3-4,7,9H2,1-2H3,(H,17,20). The van der Waals surface area contributed by atoms with Crippen LogP contribution in [-0.4, -0.2) is 49.9 Å². The molecule has 1 unspecified atom stereocenters. The minimum Gasteiger partial charge on any atom is -0.496 e. The fourth-order valence-electron chi connectivity index (χ4n) is 2.65. The van der Waals surface area contributed by atoms with Crippen molar-refractivity contribution in [1.82, 2.24) is 10.2 Å². The Bertz CT molecular complexity index is 548. The fraction of sp³-hybridized carbons (Fsp3) is 0.467. The number of ketones is 1. The van der Waals surface area contributed by atoms with Gasteiger partial charge in [-0.1, -0.05) is 0 Å². The number of carbonyl (C=O) groups is 2. The normalized spacial score (nSPS) is 18.5. The summed E-state index contributed by atoms with van der Waals surface area (Å²) in [6.45, 7) is 0.763. The number of Topliss-reactive ketones (excluding diaryl/α,β-unsaturated/α-hetero) is 1. The average molecular weight is 294 g/mol. The SMILES string of the molecule is CNC(=O)C1CCCN1CC(=O)c1cc(F)ccc1OC. The molecule has 1 N–H and O–H groups in total. The van der Waals surface area contributed by atoms with E-state index in [0.717, 1.165) is 12.8 Å². The number of rotatable bonds is 5. The molecule has 0 aromatic heterocycles. The molecule has 2 rings (SSSR count). The summed E-state index contributed by atoms with van der Waals surface area (Å²) in [5, 5.41) is 2.60. The van der Waals surface area contributed by atoms with E-state index in [9.17, 15) is 14.0 Å². The maximum atomic E-state index is 13.3. The van der Waals surface area contributed by atoms with Crippen molar-refractivity contribution in [2.75, 3.05) is 27.2 Å². The van der Waals surface area contributed by atoms with Gasteiger partial charge in [-0.2, -0.15) is 0 Å². The lowest BCUT2D eigenvalue weighted by Gasteiger charge is -2.22. The van der Waals surface area contributed by atoms with Gasteiger partial charge in [0.1, 0.15) is 11.6 Å². The second-order valence-electron chi connectivity index (χ2n) is 5.01. The van der Waals surface area contributed by atoms with Crippen molar-refractivity contribution in [1.29, 1.82) is 0 Å². The second kappa shape index (κ2) is 6.67. The van der Waals surface area contributed by atoms with E-state index in [1.807, 2.05) is 4.90 Å². The lowest BCUT2D eigenvalue weighted by molar-refractivity contribution is -0.124. The van der Waals surface area contributed by atoms with Gasteiger partial charge in [-0.05, 0) is 37.6 Å². The van der Waals surface area contributed by atoms with E-state index < -0.39 is 5.82 Å². The first-order chi connectivity index (χ1) is 10.1. The Balaban J connectivity index is 2.14. The number of methoxy groups -OCH3 is 1. The third-order valence-corrected chi connectivity index (χ3v) is 3.72. The van der Waals surface area contributed by atoms with Gasteiger partial charge < -0.3 is 10.1 Å². The van der Waals surface area contributed by atoms with Crippen LogP contribution < -0.4 is 10.1 Å². The smallest absolute Gasteiger partial charge is 0.237 e. The van der Waals surface area contributed by atoms with Crippen LogP contribution >= 0.6 is 0 Å². The molecule has 0 spiro atoms. The predicted molar refractivity (Wildman–Crippen MR) is 75.9 cm³/mol. The van der Waals surface area contributed by atoms with Crippen molar-refractivity contribution < 1.29 is 18.7 Å². The van der Waals surface area contributed by atoms with Gasteiger partial charge in [-0.25, -0.2) is 4.39 Å².